The van der Waals surface area contributed by atoms with Crippen LogP contribution in [0.5, 0.6) is 0 Å². The van der Waals surface area contributed by atoms with Gasteiger partial charge in [-0.1, -0.05) is 42.5 Å². The lowest BCUT2D eigenvalue weighted by Crippen LogP contribution is -2.19. The number of benzene rings is 2. The monoisotopic (exact) mass is 340 g/mol. The molecule has 1 amide bonds. The fourth-order valence-electron chi connectivity index (χ4n) is 5.03. The number of carbonyl (C=O) groups excluding carboxylic acids is 2. The zero-order chi connectivity index (χ0) is 17.4. The summed E-state index contributed by atoms with van der Waals surface area (Å²) < 4.78 is 0. The molecule has 4 aliphatic rings. The summed E-state index contributed by atoms with van der Waals surface area (Å²) in [5, 5.41) is 6.70. The quantitative estimate of drug-likeness (QED) is 0.670. The minimum absolute atomic E-state index is 0.0187. The normalized spacial score (nSPS) is 23.2. The van der Waals surface area contributed by atoms with Crippen LogP contribution in [0.1, 0.15) is 38.5 Å². The van der Waals surface area contributed by atoms with E-state index in [0.717, 1.165) is 35.1 Å². The Morgan fingerprint density at radius 2 is 2.00 bits per heavy atom. The average molecular weight is 340 g/mol. The molecule has 2 aromatic carbocycles. The van der Waals surface area contributed by atoms with E-state index >= 15 is 0 Å². The summed E-state index contributed by atoms with van der Waals surface area (Å²) in [4.78, 5) is 24.0. The second kappa shape index (κ2) is 4.73. The van der Waals surface area contributed by atoms with Crippen LogP contribution in [0.4, 0.5) is 5.69 Å². The highest BCUT2D eigenvalue weighted by molar-refractivity contribution is 6.09. The van der Waals surface area contributed by atoms with Gasteiger partial charge in [0.25, 0.3) is 5.91 Å². The Labute approximate surface area is 150 Å². The van der Waals surface area contributed by atoms with Crippen LogP contribution in [0.25, 0.3) is 11.1 Å². The predicted molar refractivity (Wildman–Crippen MR) is 99.3 cm³/mol. The molecule has 126 valence electrons. The number of hydrogen-bond acceptors (Lipinski definition) is 3. The maximum absolute atomic E-state index is 12.7. The van der Waals surface area contributed by atoms with E-state index < -0.39 is 0 Å². The zero-order valence-electron chi connectivity index (χ0n) is 14.0. The lowest BCUT2D eigenvalue weighted by Gasteiger charge is -2.19. The fourth-order valence-corrected chi connectivity index (χ4v) is 5.03. The molecule has 26 heavy (non-hydrogen) atoms. The summed E-state index contributed by atoms with van der Waals surface area (Å²) in [6, 6.07) is 8.50. The summed E-state index contributed by atoms with van der Waals surface area (Å²) >= 11 is 0. The van der Waals surface area contributed by atoms with Gasteiger partial charge in [0.15, 0.2) is 0 Å². The molecule has 2 heterocycles. The Morgan fingerprint density at radius 3 is 2.88 bits per heavy atom. The van der Waals surface area contributed by atoms with Gasteiger partial charge in [-0.25, -0.2) is 0 Å². The van der Waals surface area contributed by atoms with Gasteiger partial charge in [0.2, 0.25) is 0 Å². The van der Waals surface area contributed by atoms with Crippen LogP contribution in [-0.4, -0.2) is 18.2 Å². The lowest BCUT2D eigenvalue weighted by molar-refractivity contribution is -0.104. The maximum Gasteiger partial charge on any atom is 0.252 e. The minimum Gasteiger partial charge on any atom is -0.377 e. The van der Waals surface area contributed by atoms with Gasteiger partial charge >= 0.3 is 0 Å². The van der Waals surface area contributed by atoms with Crippen molar-refractivity contribution in [2.75, 3.05) is 5.32 Å². The van der Waals surface area contributed by atoms with Crippen LogP contribution < -0.4 is 10.6 Å². The molecule has 0 saturated carbocycles. The Bertz CT molecular complexity index is 1090. The predicted octanol–water partition coefficient (Wildman–Crippen LogP) is 3.07. The molecule has 0 radical (unpaired) electrons. The van der Waals surface area contributed by atoms with E-state index in [1.54, 1.807) is 0 Å². The smallest absolute Gasteiger partial charge is 0.252 e. The van der Waals surface area contributed by atoms with Gasteiger partial charge in [-0.3, -0.25) is 9.59 Å². The van der Waals surface area contributed by atoms with E-state index in [-0.39, 0.29) is 17.9 Å². The highest BCUT2D eigenvalue weighted by Crippen LogP contribution is 2.53. The summed E-state index contributed by atoms with van der Waals surface area (Å²) in [5.74, 6) is 0.121. The first-order valence-electron chi connectivity index (χ1n) is 8.96. The third-order valence-electron chi connectivity index (χ3n) is 6.09. The topological polar surface area (TPSA) is 58.2 Å². The van der Waals surface area contributed by atoms with E-state index in [9.17, 15) is 9.59 Å². The highest BCUT2D eigenvalue weighted by atomic mass is 16.1. The number of anilines is 1. The fraction of sp³-hybridized carbons (Fsp3) is 0.182. The average Bonchev–Trinajstić information content (AvgIpc) is 3.33. The standard InChI is InChI=1S/C22H16N2O2/c25-10-11-5-6-17-14(7-11)19-16-9-23-22(26)20(16)18-13-4-2-1-3-12(13)8-15(18)21(19)24-17/h1-7,10,14,17,24H,8-9H2,(H,23,26). The summed E-state index contributed by atoms with van der Waals surface area (Å²) in [6.45, 7) is 0.560. The van der Waals surface area contributed by atoms with Gasteiger partial charge < -0.3 is 10.6 Å². The Morgan fingerprint density at radius 1 is 1.12 bits per heavy atom. The first-order chi connectivity index (χ1) is 12.8. The molecule has 0 bridgehead atoms. The molecule has 2 atom stereocenters. The van der Waals surface area contributed by atoms with Crippen molar-refractivity contribution in [3.05, 3.63) is 75.9 Å². The number of rotatable bonds is 1. The molecule has 4 heteroatoms. The van der Waals surface area contributed by atoms with Gasteiger partial charge in [0, 0.05) is 35.7 Å². The minimum atomic E-state index is 0.0187. The van der Waals surface area contributed by atoms with Crippen LogP contribution in [0.2, 0.25) is 0 Å². The SMILES string of the molecule is O=CC1=CC2c3c4c(c5c(c3NC2C=C1)Cc1ccccc1-5)C(=O)NC4. The van der Waals surface area contributed by atoms with Gasteiger partial charge in [-0.15, -0.1) is 0 Å². The molecule has 2 unspecified atom stereocenters. The first-order valence-corrected chi connectivity index (χ1v) is 8.96. The van der Waals surface area contributed by atoms with Crippen LogP contribution in [-0.2, 0) is 17.8 Å². The van der Waals surface area contributed by atoms with E-state index in [1.165, 1.54) is 22.3 Å². The van der Waals surface area contributed by atoms with Crippen LogP contribution in [0.3, 0.4) is 0 Å². The number of carbonyl (C=O) groups is 2. The largest absolute Gasteiger partial charge is 0.377 e. The Kier molecular flexibility index (Phi) is 2.56. The zero-order valence-corrected chi connectivity index (χ0v) is 14.0. The van der Waals surface area contributed by atoms with Gasteiger partial charge in [0.05, 0.1) is 11.6 Å². The molecular weight excluding hydrogens is 324 g/mol. The summed E-state index contributed by atoms with van der Waals surface area (Å²) in [6.07, 6.45) is 7.73. The van der Waals surface area contributed by atoms with E-state index in [2.05, 4.69) is 34.9 Å². The van der Waals surface area contributed by atoms with Crippen molar-refractivity contribution in [2.45, 2.75) is 24.9 Å². The van der Waals surface area contributed by atoms with Crippen molar-refractivity contribution in [2.24, 2.45) is 0 Å². The number of hydrogen-bond donors (Lipinski definition) is 2. The lowest BCUT2D eigenvalue weighted by atomic mass is 9.83. The van der Waals surface area contributed by atoms with Crippen LogP contribution >= 0.6 is 0 Å². The molecule has 2 aromatic rings. The van der Waals surface area contributed by atoms with Crippen molar-refractivity contribution in [1.29, 1.82) is 0 Å². The van der Waals surface area contributed by atoms with Crippen molar-refractivity contribution in [3.8, 4) is 11.1 Å². The summed E-state index contributed by atoms with van der Waals surface area (Å²) in [7, 11) is 0. The Hall–Kier alpha value is -3.14. The molecule has 2 N–H and O–H groups in total. The van der Waals surface area contributed by atoms with Crippen LogP contribution in [0.15, 0.2) is 48.1 Å². The number of aldehydes is 1. The second-order valence-corrected chi connectivity index (χ2v) is 7.35. The highest BCUT2D eigenvalue weighted by Gasteiger charge is 2.42. The van der Waals surface area contributed by atoms with Gasteiger partial charge in [-0.05, 0) is 27.8 Å². The molecule has 0 spiro atoms. The molecule has 0 fully saturated rings. The van der Waals surface area contributed by atoms with Gasteiger partial charge in [0.1, 0.15) is 6.29 Å². The maximum atomic E-state index is 12.7. The first kappa shape index (κ1) is 14.1. The van der Waals surface area contributed by atoms with Gasteiger partial charge in [-0.2, -0.15) is 0 Å². The molecule has 0 aromatic heterocycles. The molecule has 0 saturated heterocycles. The molecule has 4 nitrogen and oxygen atoms in total. The number of nitrogens with one attached hydrogen (secondary N) is 2. The van der Waals surface area contributed by atoms with Crippen molar-refractivity contribution < 1.29 is 9.59 Å². The number of amides is 1. The van der Waals surface area contributed by atoms with Crippen molar-refractivity contribution in [1.82, 2.24) is 5.32 Å². The Balaban J connectivity index is 1.68. The molecule has 2 aliphatic heterocycles. The number of allylic oxidation sites excluding steroid dienone is 2. The van der Waals surface area contributed by atoms with E-state index in [0.29, 0.717) is 12.1 Å². The number of fused-ring (bicyclic) bond motifs is 10. The molecule has 6 rings (SSSR count). The second-order valence-electron chi connectivity index (χ2n) is 7.35. The van der Waals surface area contributed by atoms with Crippen LogP contribution in [0, 0.1) is 0 Å². The van der Waals surface area contributed by atoms with Crippen molar-refractivity contribution >= 4 is 17.9 Å². The molecular formula is C22H16N2O2. The molecule has 2 aliphatic carbocycles. The third kappa shape index (κ3) is 1.59. The van der Waals surface area contributed by atoms with E-state index in [1.807, 2.05) is 18.2 Å². The van der Waals surface area contributed by atoms with Crippen molar-refractivity contribution in [3.63, 3.8) is 0 Å². The third-order valence-corrected chi connectivity index (χ3v) is 6.09. The summed E-state index contributed by atoms with van der Waals surface area (Å²) in [5.41, 5.74) is 9.76. The van der Waals surface area contributed by atoms with E-state index in [4.69, 9.17) is 0 Å².